The second-order valence-electron chi connectivity index (χ2n) is 12.1. The van der Waals surface area contributed by atoms with Gasteiger partial charge in [-0.25, -0.2) is 0 Å². The molecule has 42 heavy (non-hydrogen) atoms. The Hall–Kier alpha value is -2.18. The summed E-state index contributed by atoms with van der Waals surface area (Å²) >= 11 is 0. The van der Waals surface area contributed by atoms with Gasteiger partial charge in [-0.15, -0.1) is 0 Å². The minimum atomic E-state index is -0.785. The van der Waals surface area contributed by atoms with Gasteiger partial charge in [0.1, 0.15) is 23.9 Å². The number of hydrogen-bond acceptors (Lipinski definition) is 8. The van der Waals surface area contributed by atoms with Gasteiger partial charge < -0.3 is 34.7 Å². The maximum Gasteiger partial charge on any atom is 0.303 e. The number of amides is 2. The van der Waals surface area contributed by atoms with Crippen molar-refractivity contribution in [2.75, 3.05) is 25.0 Å². The van der Waals surface area contributed by atoms with E-state index in [4.69, 9.17) is 18.9 Å². The zero-order valence-corrected chi connectivity index (χ0v) is 26.8. The molecule has 10 nitrogen and oxygen atoms in total. The first-order valence-electron chi connectivity index (χ1n) is 14.7. The van der Waals surface area contributed by atoms with Crippen molar-refractivity contribution in [1.82, 2.24) is 10.6 Å². The van der Waals surface area contributed by atoms with E-state index in [1.54, 1.807) is 13.0 Å². The molecule has 11 heteroatoms. The number of ether oxygens (including phenoxy) is 4. The molecule has 2 amide bonds. The number of epoxide rings is 1. The highest BCUT2D eigenvalue weighted by molar-refractivity contribution is 7.95. The highest BCUT2D eigenvalue weighted by atomic mass is 32.2. The minimum absolute atomic E-state index is 0.00466. The van der Waals surface area contributed by atoms with Gasteiger partial charge in [0.05, 0.1) is 49.9 Å². The first kappa shape index (κ1) is 34.3. The van der Waals surface area contributed by atoms with E-state index in [1.165, 1.54) is 13.0 Å². The number of nitrogens with one attached hydrogen (secondary N) is 2. The number of aliphatic hydroxyl groups is 1. The predicted octanol–water partition coefficient (Wildman–Crippen LogP) is 2.31. The maximum atomic E-state index is 12.4. The molecule has 3 aliphatic rings. The molecular weight excluding hydrogens is 560 g/mol. The topological polar surface area (TPSA) is 136 Å². The van der Waals surface area contributed by atoms with Crippen molar-refractivity contribution < 1.29 is 38.4 Å². The van der Waals surface area contributed by atoms with Crippen LogP contribution >= 0.6 is 0 Å². The van der Waals surface area contributed by atoms with Crippen molar-refractivity contribution in [1.29, 1.82) is 0 Å². The molecule has 3 saturated heterocycles. The van der Waals surface area contributed by atoms with E-state index in [0.29, 0.717) is 25.3 Å². The van der Waals surface area contributed by atoms with Crippen LogP contribution in [0.15, 0.2) is 36.0 Å². The first-order chi connectivity index (χ1) is 19.8. The molecule has 0 saturated carbocycles. The fraction of sp³-hybridized carbons (Fsp3) is 0.710. The summed E-state index contributed by atoms with van der Waals surface area (Å²) in [5.41, 5.74) is 0.389. The zero-order chi connectivity index (χ0) is 31.0. The van der Waals surface area contributed by atoms with Crippen molar-refractivity contribution >= 4 is 28.7 Å². The third-order valence-electron chi connectivity index (χ3n) is 7.89. The molecule has 3 heterocycles. The highest BCUT2D eigenvalue weighted by Crippen LogP contribution is 2.43. The summed E-state index contributed by atoms with van der Waals surface area (Å²) in [6.07, 6.45) is 13.0. The quantitative estimate of drug-likeness (QED) is 0.101. The van der Waals surface area contributed by atoms with Crippen LogP contribution in [0.5, 0.6) is 0 Å². The molecule has 0 unspecified atom stereocenters. The molecule has 0 bridgehead atoms. The first-order valence-corrected chi connectivity index (χ1v) is 16.9. The summed E-state index contributed by atoms with van der Waals surface area (Å²) in [5, 5.41) is 16.8. The second kappa shape index (κ2) is 15.5. The molecule has 3 fully saturated rings. The summed E-state index contributed by atoms with van der Waals surface area (Å²) in [6, 6.07) is -0.120. The molecule has 0 radical (unpaired) electrons. The molecule has 236 valence electrons. The van der Waals surface area contributed by atoms with Gasteiger partial charge in [-0.05, 0) is 45.6 Å². The molecule has 9 atom stereocenters. The number of aliphatic hydroxyl groups excluding tert-OH is 1. The van der Waals surface area contributed by atoms with Gasteiger partial charge in [0.2, 0.25) is 11.8 Å². The highest BCUT2D eigenvalue weighted by Gasteiger charge is 2.58. The van der Waals surface area contributed by atoms with E-state index in [0.717, 1.165) is 12.0 Å². The van der Waals surface area contributed by atoms with Gasteiger partial charge in [-0.1, -0.05) is 30.7 Å². The largest absolute Gasteiger partial charge is 0.459 e. The monoisotopic (exact) mass is 609 g/mol. The molecule has 0 aliphatic carbocycles. The van der Waals surface area contributed by atoms with Crippen LogP contribution in [0.25, 0.3) is 0 Å². The fourth-order valence-corrected chi connectivity index (χ4v) is 5.84. The maximum absolute atomic E-state index is 12.4. The number of esters is 1. The number of hydrogen-bond donors (Lipinski definition) is 3. The number of rotatable bonds is 12. The van der Waals surface area contributed by atoms with Crippen LogP contribution in [0.2, 0.25) is 0 Å². The van der Waals surface area contributed by atoms with Crippen molar-refractivity contribution in [3.63, 3.8) is 0 Å². The lowest BCUT2D eigenvalue weighted by Gasteiger charge is -2.39. The lowest BCUT2D eigenvalue weighted by atomic mass is 9.87. The molecule has 3 N–H and O–H groups in total. The zero-order valence-electron chi connectivity index (χ0n) is 26.0. The number of carbonyl (C=O) groups is 3. The Balaban J connectivity index is 1.50. The molecule has 0 aromatic carbocycles. The van der Waals surface area contributed by atoms with E-state index >= 15 is 0 Å². The van der Waals surface area contributed by atoms with Gasteiger partial charge in [0, 0.05) is 30.3 Å². The lowest BCUT2D eigenvalue weighted by Crippen LogP contribution is -2.51. The summed E-state index contributed by atoms with van der Waals surface area (Å²) in [7, 11) is 0.121. The smallest absolute Gasteiger partial charge is 0.303 e. The van der Waals surface area contributed by atoms with Crippen LogP contribution in [-0.4, -0.2) is 96.2 Å². The van der Waals surface area contributed by atoms with Crippen LogP contribution < -0.4 is 10.6 Å². The molecular formula is C31H49N2O8S+. The average Bonchev–Trinajstić information content (AvgIpc) is 3.68. The number of allylic oxidation sites excluding steroid dienone is 2. The predicted molar refractivity (Wildman–Crippen MR) is 163 cm³/mol. The Labute approximate surface area is 253 Å². The van der Waals surface area contributed by atoms with Crippen LogP contribution in [0.4, 0.5) is 0 Å². The summed E-state index contributed by atoms with van der Waals surface area (Å²) in [5.74, 6) is 0.188. The van der Waals surface area contributed by atoms with E-state index in [-0.39, 0.29) is 59.4 Å². The van der Waals surface area contributed by atoms with Crippen molar-refractivity contribution in [2.45, 2.75) is 109 Å². The molecule has 0 aromatic heterocycles. The number of carbonyl (C=O) groups excluding carboxylic acids is 3. The minimum Gasteiger partial charge on any atom is -0.459 e. The van der Waals surface area contributed by atoms with Gasteiger partial charge in [-0.3, -0.25) is 14.4 Å². The third kappa shape index (κ3) is 10.5. The van der Waals surface area contributed by atoms with Gasteiger partial charge in [0.15, 0.2) is 5.88 Å². The Morgan fingerprint density at radius 1 is 1.17 bits per heavy atom. The van der Waals surface area contributed by atoms with E-state index in [9.17, 15) is 19.5 Å². The second-order valence-corrected chi connectivity index (χ2v) is 14.3. The Morgan fingerprint density at radius 2 is 1.88 bits per heavy atom. The van der Waals surface area contributed by atoms with Gasteiger partial charge >= 0.3 is 5.97 Å². The SMILES string of the molecule is CC(=O)O[C@@H](C)/C=C\C(=O)N[C@@H]1C[C@H](C)[C@H](C/C=C(C)/C=C/[C@H]2O[C@H](CC(=O)NC[S+](C)C)C[C@@]3(CO3)[C@@H]2O)O[C@@H]1C. The van der Waals surface area contributed by atoms with E-state index in [1.807, 2.05) is 26.0 Å². The van der Waals surface area contributed by atoms with Crippen molar-refractivity contribution in [2.24, 2.45) is 5.92 Å². The van der Waals surface area contributed by atoms with Crippen LogP contribution in [0.3, 0.4) is 0 Å². The van der Waals surface area contributed by atoms with Crippen LogP contribution in [-0.2, 0) is 44.2 Å². The summed E-state index contributed by atoms with van der Waals surface area (Å²) < 4.78 is 23.1. The van der Waals surface area contributed by atoms with Crippen molar-refractivity contribution in [3.05, 3.63) is 36.0 Å². The van der Waals surface area contributed by atoms with E-state index in [2.05, 4.69) is 36.1 Å². The summed E-state index contributed by atoms with van der Waals surface area (Å²) in [6.45, 7) is 9.58. The van der Waals surface area contributed by atoms with Crippen LogP contribution in [0.1, 0.15) is 60.3 Å². The summed E-state index contributed by atoms with van der Waals surface area (Å²) in [4.78, 5) is 35.8. The molecule has 3 aliphatic heterocycles. The third-order valence-corrected chi connectivity index (χ3v) is 8.62. The van der Waals surface area contributed by atoms with E-state index < -0.39 is 29.9 Å². The van der Waals surface area contributed by atoms with Crippen molar-refractivity contribution in [3.8, 4) is 0 Å². The Kier molecular flexibility index (Phi) is 12.7. The Morgan fingerprint density at radius 3 is 2.52 bits per heavy atom. The molecule has 1 spiro atoms. The normalized spacial score (nSPS) is 34.1. The molecule has 3 rings (SSSR count). The van der Waals surface area contributed by atoms with Gasteiger partial charge in [0.25, 0.3) is 0 Å². The standard InChI is InChI=1S/C31H48N2O8S/c1-19(9-12-27-30(37)31(17-38-31)16-24(41-27)15-29(36)32-18-42(6)7)8-11-26-20(2)14-25(22(4)40-26)33-28(35)13-10-21(3)39-23(5)34/h8-10,12-13,20-22,24-27,30,37H,11,14-18H2,1-7H3,(H-,32,33,35,36)/p+1/b12-9+,13-10-,19-8+/t20-,21-,22+,24+,25+,26-,27+,30+,31+/m0/s1. The fourth-order valence-electron chi connectivity index (χ4n) is 5.39. The van der Waals surface area contributed by atoms with Gasteiger partial charge in [-0.2, -0.15) is 0 Å². The molecule has 0 aromatic rings. The average molecular weight is 610 g/mol. The lowest BCUT2D eigenvalue weighted by molar-refractivity contribution is -0.145. The van der Waals surface area contributed by atoms with Crippen LogP contribution in [0, 0.1) is 5.92 Å². The Bertz CT molecular complexity index is 1040.